The number of nitrogens with zero attached hydrogens (tertiary/aromatic N) is 1. The molecule has 9 nitrogen and oxygen atoms in total. The van der Waals surface area contributed by atoms with Gasteiger partial charge in [0, 0.05) is 17.2 Å². The van der Waals surface area contributed by atoms with E-state index in [4.69, 9.17) is 14.2 Å². The van der Waals surface area contributed by atoms with Crippen LogP contribution in [-0.2, 0) is 9.53 Å². The van der Waals surface area contributed by atoms with Crippen LogP contribution in [0.15, 0.2) is 42.5 Å². The second kappa shape index (κ2) is 8.37. The first-order chi connectivity index (χ1) is 14.5. The van der Waals surface area contributed by atoms with Crippen molar-refractivity contribution in [2.45, 2.75) is 6.42 Å². The third-order valence-corrected chi connectivity index (χ3v) is 5.39. The molecular formula is C20H16N2O7S. The second-order valence-electron chi connectivity index (χ2n) is 6.40. The van der Waals surface area contributed by atoms with Gasteiger partial charge >= 0.3 is 5.97 Å². The number of amides is 1. The van der Waals surface area contributed by atoms with E-state index in [-0.39, 0.29) is 17.1 Å². The molecule has 0 atom stereocenters. The van der Waals surface area contributed by atoms with E-state index in [2.05, 4.69) is 5.32 Å². The van der Waals surface area contributed by atoms with Gasteiger partial charge in [0.05, 0.1) is 24.2 Å². The van der Waals surface area contributed by atoms with Crippen molar-refractivity contribution in [2.75, 3.05) is 25.1 Å². The quantitative estimate of drug-likeness (QED) is 0.373. The molecule has 0 saturated carbocycles. The smallest absolute Gasteiger partial charge is 0.348 e. The second-order valence-corrected chi connectivity index (χ2v) is 7.48. The number of rotatable bonds is 5. The van der Waals surface area contributed by atoms with Crippen molar-refractivity contribution in [2.24, 2.45) is 0 Å². The van der Waals surface area contributed by atoms with Gasteiger partial charge in [-0.25, -0.2) is 4.79 Å². The summed E-state index contributed by atoms with van der Waals surface area (Å²) in [6.07, 6.45) is 0.637. The minimum absolute atomic E-state index is 0.0628. The minimum Gasteiger partial charge on any atom is -0.489 e. The van der Waals surface area contributed by atoms with Crippen molar-refractivity contribution >= 4 is 44.7 Å². The Morgan fingerprint density at radius 2 is 1.87 bits per heavy atom. The predicted octanol–water partition coefficient (Wildman–Crippen LogP) is 3.77. The van der Waals surface area contributed by atoms with Crippen LogP contribution in [0.4, 0.5) is 11.4 Å². The number of carbonyl (C=O) groups excluding carboxylic acids is 2. The van der Waals surface area contributed by atoms with Crippen LogP contribution >= 0.6 is 11.3 Å². The molecule has 154 valence electrons. The molecule has 0 spiro atoms. The maximum atomic E-state index is 12.3. The Morgan fingerprint density at radius 1 is 1.13 bits per heavy atom. The lowest BCUT2D eigenvalue weighted by Crippen LogP contribution is -2.21. The minimum atomic E-state index is -0.706. The van der Waals surface area contributed by atoms with Crippen LogP contribution in [0.1, 0.15) is 16.1 Å². The van der Waals surface area contributed by atoms with Crippen LogP contribution in [-0.4, -0.2) is 36.6 Å². The van der Waals surface area contributed by atoms with Gasteiger partial charge in [0.2, 0.25) is 0 Å². The summed E-state index contributed by atoms with van der Waals surface area (Å²) in [7, 11) is 0. The maximum absolute atomic E-state index is 12.3. The van der Waals surface area contributed by atoms with Crippen molar-refractivity contribution in [3.05, 3.63) is 57.5 Å². The zero-order valence-corrected chi connectivity index (χ0v) is 16.4. The fourth-order valence-electron chi connectivity index (χ4n) is 2.92. The molecule has 1 aromatic heterocycles. The third kappa shape index (κ3) is 4.18. The fraction of sp³-hybridized carbons (Fsp3) is 0.200. The van der Waals surface area contributed by atoms with Gasteiger partial charge in [0.25, 0.3) is 11.6 Å². The van der Waals surface area contributed by atoms with Crippen LogP contribution in [0.2, 0.25) is 0 Å². The molecule has 2 aromatic carbocycles. The summed E-state index contributed by atoms with van der Waals surface area (Å²) in [5, 5.41) is 14.7. The van der Waals surface area contributed by atoms with E-state index < -0.39 is 23.4 Å². The molecule has 10 heteroatoms. The van der Waals surface area contributed by atoms with E-state index in [9.17, 15) is 19.7 Å². The number of thiophene rings is 1. The molecule has 1 N–H and O–H groups in total. The van der Waals surface area contributed by atoms with Gasteiger partial charge in [-0.05, 0) is 17.5 Å². The van der Waals surface area contributed by atoms with Gasteiger partial charge in [-0.1, -0.05) is 18.2 Å². The van der Waals surface area contributed by atoms with Crippen LogP contribution in [0, 0.1) is 10.1 Å². The number of hydrogen-bond acceptors (Lipinski definition) is 8. The zero-order valence-electron chi connectivity index (χ0n) is 15.6. The number of fused-ring (bicyclic) bond motifs is 2. The van der Waals surface area contributed by atoms with E-state index in [1.54, 1.807) is 6.07 Å². The lowest BCUT2D eigenvalue weighted by Gasteiger charge is -2.11. The van der Waals surface area contributed by atoms with E-state index >= 15 is 0 Å². The molecule has 3 aromatic rings. The Kier molecular flexibility index (Phi) is 5.48. The normalized spacial score (nSPS) is 12.8. The first kappa shape index (κ1) is 19.6. The van der Waals surface area contributed by atoms with Gasteiger partial charge in [0.15, 0.2) is 18.1 Å². The predicted molar refractivity (Wildman–Crippen MR) is 109 cm³/mol. The van der Waals surface area contributed by atoms with Crippen molar-refractivity contribution < 1.29 is 28.7 Å². The summed E-state index contributed by atoms with van der Waals surface area (Å²) in [5.74, 6) is -0.800. The Morgan fingerprint density at radius 3 is 2.60 bits per heavy atom. The number of nitro groups is 1. The lowest BCUT2D eigenvalue weighted by molar-refractivity contribution is -0.384. The number of anilines is 1. The molecule has 0 radical (unpaired) electrons. The summed E-state index contributed by atoms with van der Waals surface area (Å²) >= 11 is 1.26. The lowest BCUT2D eigenvalue weighted by atomic mass is 10.2. The SMILES string of the molecule is O=C(COC(=O)c1cc2ccccc2s1)Nc1cc2c(cc1[N+](=O)[O-])OCCCO2. The molecule has 4 rings (SSSR count). The molecule has 0 aliphatic carbocycles. The molecule has 30 heavy (non-hydrogen) atoms. The number of nitrogens with one attached hydrogen (secondary N) is 1. The molecule has 0 bridgehead atoms. The summed E-state index contributed by atoms with van der Waals surface area (Å²) in [4.78, 5) is 35.6. The third-order valence-electron chi connectivity index (χ3n) is 4.30. The highest BCUT2D eigenvalue weighted by atomic mass is 32.1. The van der Waals surface area contributed by atoms with E-state index in [1.807, 2.05) is 24.3 Å². The van der Waals surface area contributed by atoms with E-state index in [0.29, 0.717) is 30.3 Å². The summed E-state index contributed by atoms with van der Waals surface area (Å²) in [6, 6.07) is 11.7. The average Bonchev–Trinajstić information content (AvgIpc) is 3.04. The molecule has 0 fully saturated rings. The maximum Gasteiger partial charge on any atom is 0.348 e. The Balaban J connectivity index is 1.45. The molecule has 2 heterocycles. The number of nitro benzene ring substituents is 1. The van der Waals surface area contributed by atoms with Crippen LogP contribution in [0.3, 0.4) is 0 Å². The van der Waals surface area contributed by atoms with Crippen molar-refractivity contribution in [1.82, 2.24) is 0 Å². The molecule has 1 aliphatic heterocycles. The summed E-state index contributed by atoms with van der Waals surface area (Å²) < 4.78 is 16.9. The number of hydrogen-bond donors (Lipinski definition) is 1. The monoisotopic (exact) mass is 428 g/mol. The topological polar surface area (TPSA) is 117 Å². The van der Waals surface area contributed by atoms with Crippen LogP contribution in [0.25, 0.3) is 10.1 Å². The van der Waals surface area contributed by atoms with Gasteiger partial charge in [-0.2, -0.15) is 0 Å². The fourth-order valence-corrected chi connectivity index (χ4v) is 3.88. The number of benzene rings is 2. The molecule has 1 aliphatic rings. The molecular weight excluding hydrogens is 412 g/mol. The van der Waals surface area contributed by atoms with Gasteiger partial charge in [-0.3, -0.25) is 14.9 Å². The van der Waals surface area contributed by atoms with Gasteiger partial charge < -0.3 is 19.5 Å². The van der Waals surface area contributed by atoms with E-state index in [0.717, 1.165) is 10.1 Å². The zero-order chi connectivity index (χ0) is 21.1. The largest absolute Gasteiger partial charge is 0.489 e. The van der Waals surface area contributed by atoms with Crippen molar-refractivity contribution in [3.8, 4) is 11.5 Å². The number of esters is 1. The van der Waals surface area contributed by atoms with E-state index in [1.165, 1.54) is 23.5 Å². The summed E-state index contributed by atoms with van der Waals surface area (Å²) in [6.45, 7) is 0.188. The first-order valence-electron chi connectivity index (χ1n) is 9.05. The molecule has 0 unspecified atom stereocenters. The van der Waals surface area contributed by atoms with Gasteiger partial charge in [-0.15, -0.1) is 11.3 Å². The average molecular weight is 428 g/mol. The Hall–Kier alpha value is -3.66. The highest BCUT2D eigenvalue weighted by Crippen LogP contribution is 2.39. The molecule has 1 amide bonds. The standard InChI is InChI=1S/C20H16N2O7S/c23-19(11-29-20(24)18-8-12-4-1-2-5-17(12)30-18)21-13-9-15-16(10-14(13)22(25)26)28-7-3-6-27-15/h1-2,4-5,8-10H,3,6-7,11H2,(H,21,23). The highest BCUT2D eigenvalue weighted by molar-refractivity contribution is 7.20. The highest BCUT2D eigenvalue weighted by Gasteiger charge is 2.23. The van der Waals surface area contributed by atoms with Crippen LogP contribution < -0.4 is 14.8 Å². The Labute approximate surface area is 174 Å². The molecule has 0 saturated heterocycles. The van der Waals surface area contributed by atoms with Gasteiger partial charge in [0.1, 0.15) is 10.6 Å². The number of ether oxygens (including phenoxy) is 3. The number of carbonyl (C=O) groups is 2. The van der Waals surface area contributed by atoms with Crippen molar-refractivity contribution in [3.63, 3.8) is 0 Å². The first-order valence-corrected chi connectivity index (χ1v) is 9.86. The van der Waals surface area contributed by atoms with Crippen molar-refractivity contribution in [1.29, 1.82) is 0 Å². The summed E-state index contributed by atoms with van der Waals surface area (Å²) in [5.41, 5.74) is -0.407. The van der Waals surface area contributed by atoms with Crippen LogP contribution in [0.5, 0.6) is 11.5 Å². The Bertz CT molecular complexity index is 1110.